The van der Waals surface area contributed by atoms with E-state index in [4.69, 9.17) is 0 Å². The number of hydrogen-bond donors (Lipinski definition) is 0. The molecule has 0 atom stereocenters. The highest BCUT2D eigenvalue weighted by Gasteiger charge is 2.02. The lowest BCUT2D eigenvalue weighted by molar-refractivity contribution is 0.882. The molecule has 14 heavy (non-hydrogen) atoms. The molecule has 7 heteroatoms. The average molecular weight is 185 g/mol. The van der Waals surface area contributed by atoms with Crippen LogP contribution in [0.25, 0.3) is 22.3 Å². The summed E-state index contributed by atoms with van der Waals surface area (Å²) < 4.78 is 0. The van der Waals surface area contributed by atoms with E-state index in [1.165, 1.54) is 12.5 Å². The van der Waals surface area contributed by atoms with Gasteiger partial charge in [0.2, 0.25) is 5.65 Å². The van der Waals surface area contributed by atoms with Gasteiger partial charge in [-0.3, -0.25) is 0 Å². The minimum atomic E-state index is 0.447. The summed E-state index contributed by atoms with van der Waals surface area (Å²) in [6.07, 6.45) is 4.50. The zero-order valence-electron chi connectivity index (χ0n) is 6.86. The van der Waals surface area contributed by atoms with Crippen LogP contribution in [0.4, 0.5) is 0 Å². The topological polar surface area (TPSA) is 90.2 Å². The molecule has 3 heterocycles. The standard InChI is InChI=1S/C7H3N7/c1-4-6(9-3-8-1)11-5-2-10-14-13-7(5)12-4/h1-3H. The van der Waals surface area contributed by atoms with Crippen LogP contribution in [-0.4, -0.2) is 35.3 Å². The molecule has 0 saturated carbocycles. The fourth-order valence-electron chi connectivity index (χ4n) is 1.13. The van der Waals surface area contributed by atoms with Gasteiger partial charge in [-0.15, -0.1) is 10.2 Å². The van der Waals surface area contributed by atoms with Crippen molar-refractivity contribution in [2.24, 2.45) is 0 Å². The van der Waals surface area contributed by atoms with Crippen molar-refractivity contribution in [3.05, 3.63) is 18.7 Å². The Kier molecular flexibility index (Phi) is 1.32. The first kappa shape index (κ1) is 7.13. The van der Waals surface area contributed by atoms with Crippen LogP contribution in [0.15, 0.2) is 18.7 Å². The highest BCUT2D eigenvalue weighted by Crippen LogP contribution is 2.08. The predicted molar refractivity (Wildman–Crippen MR) is 46.0 cm³/mol. The van der Waals surface area contributed by atoms with Gasteiger partial charge in [0.05, 0.1) is 12.4 Å². The molecule has 7 nitrogen and oxygen atoms in total. The van der Waals surface area contributed by atoms with E-state index in [-0.39, 0.29) is 0 Å². The molecule has 0 aromatic carbocycles. The van der Waals surface area contributed by atoms with Gasteiger partial charge in [0.15, 0.2) is 5.65 Å². The highest BCUT2D eigenvalue weighted by atomic mass is 15.3. The van der Waals surface area contributed by atoms with Gasteiger partial charge in [-0.2, -0.15) is 0 Å². The van der Waals surface area contributed by atoms with Crippen LogP contribution in [0, 0.1) is 0 Å². The van der Waals surface area contributed by atoms with E-state index in [0.717, 1.165) is 0 Å². The van der Waals surface area contributed by atoms with Gasteiger partial charge in [-0.1, -0.05) is 0 Å². The van der Waals surface area contributed by atoms with Gasteiger partial charge >= 0.3 is 0 Å². The van der Waals surface area contributed by atoms with E-state index in [1.54, 1.807) is 6.20 Å². The molecule has 3 aromatic rings. The van der Waals surface area contributed by atoms with Crippen molar-refractivity contribution in [2.45, 2.75) is 0 Å². The molecule has 0 spiro atoms. The second kappa shape index (κ2) is 2.59. The quantitative estimate of drug-likeness (QED) is 0.446. The first-order valence-corrected chi connectivity index (χ1v) is 3.85. The lowest BCUT2D eigenvalue weighted by atomic mass is 10.4. The van der Waals surface area contributed by atoms with Crippen LogP contribution in [0.1, 0.15) is 0 Å². The third kappa shape index (κ3) is 0.954. The minimum absolute atomic E-state index is 0.447. The minimum Gasteiger partial charge on any atom is -0.242 e. The normalized spacial score (nSPS) is 10.9. The lowest BCUT2D eigenvalue weighted by Gasteiger charge is -1.95. The lowest BCUT2D eigenvalue weighted by Crippen LogP contribution is -1.95. The molecule has 0 bridgehead atoms. The third-order valence-corrected chi connectivity index (χ3v) is 1.73. The van der Waals surface area contributed by atoms with Crippen molar-refractivity contribution in [1.82, 2.24) is 35.3 Å². The van der Waals surface area contributed by atoms with Crippen LogP contribution >= 0.6 is 0 Å². The Morgan fingerprint density at radius 1 is 0.929 bits per heavy atom. The first-order chi connectivity index (χ1) is 6.93. The summed E-state index contributed by atoms with van der Waals surface area (Å²) in [4.78, 5) is 16.2. The number of nitrogens with zero attached hydrogens (tertiary/aromatic N) is 7. The number of rotatable bonds is 0. The van der Waals surface area contributed by atoms with Crippen LogP contribution < -0.4 is 0 Å². The fourth-order valence-corrected chi connectivity index (χ4v) is 1.13. The second-order valence-electron chi connectivity index (χ2n) is 2.60. The van der Waals surface area contributed by atoms with Gasteiger partial charge in [-0.25, -0.2) is 19.9 Å². The van der Waals surface area contributed by atoms with Gasteiger partial charge < -0.3 is 0 Å². The Morgan fingerprint density at radius 3 is 2.79 bits per heavy atom. The first-order valence-electron chi connectivity index (χ1n) is 3.85. The van der Waals surface area contributed by atoms with E-state index in [0.29, 0.717) is 22.3 Å². The Hall–Kier alpha value is -2.31. The molecule has 0 amide bonds. The maximum atomic E-state index is 4.20. The van der Waals surface area contributed by atoms with Crippen molar-refractivity contribution in [1.29, 1.82) is 0 Å². The molecule has 0 aliphatic carbocycles. The highest BCUT2D eigenvalue weighted by molar-refractivity contribution is 5.79. The summed E-state index contributed by atoms with van der Waals surface area (Å²) in [5.41, 5.74) is 2.15. The summed E-state index contributed by atoms with van der Waals surface area (Å²) in [5, 5.41) is 10.8. The Bertz CT molecular complexity index is 503. The molecule has 0 aliphatic rings. The largest absolute Gasteiger partial charge is 0.242 e. The molecular weight excluding hydrogens is 182 g/mol. The van der Waals surface area contributed by atoms with Crippen molar-refractivity contribution in [3.8, 4) is 0 Å². The van der Waals surface area contributed by atoms with Crippen molar-refractivity contribution in [3.63, 3.8) is 0 Å². The molecular formula is C7H3N7. The van der Waals surface area contributed by atoms with Crippen molar-refractivity contribution in [2.75, 3.05) is 0 Å². The Morgan fingerprint density at radius 2 is 1.79 bits per heavy atom. The number of hydrogen-bond acceptors (Lipinski definition) is 7. The summed E-state index contributed by atoms with van der Waals surface area (Å²) in [6, 6.07) is 0. The maximum absolute atomic E-state index is 4.20. The molecule has 0 fully saturated rings. The molecule has 66 valence electrons. The summed E-state index contributed by atoms with van der Waals surface area (Å²) in [6.45, 7) is 0. The van der Waals surface area contributed by atoms with Crippen LogP contribution in [-0.2, 0) is 0 Å². The Balaban J connectivity index is 2.52. The number of aromatic nitrogens is 7. The Labute approximate surface area is 77.3 Å². The van der Waals surface area contributed by atoms with E-state index in [2.05, 4.69) is 35.3 Å². The molecule has 0 aliphatic heterocycles. The van der Waals surface area contributed by atoms with Gasteiger partial charge in [0.25, 0.3) is 0 Å². The summed E-state index contributed by atoms with van der Waals surface area (Å²) in [5.74, 6) is 0. The molecule has 3 aromatic heterocycles. The van der Waals surface area contributed by atoms with Gasteiger partial charge in [-0.05, 0) is 5.21 Å². The van der Waals surface area contributed by atoms with Crippen molar-refractivity contribution >= 4 is 22.3 Å². The number of fused-ring (bicyclic) bond motifs is 2. The van der Waals surface area contributed by atoms with Crippen molar-refractivity contribution < 1.29 is 0 Å². The SMILES string of the molecule is c1ncc2nc3nnncc3nc2n1. The van der Waals surface area contributed by atoms with Gasteiger partial charge in [0.1, 0.15) is 17.4 Å². The maximum Gasteiger partial charge on any atom is 0.204 e. The van der Waals surface area contributed by atoms with E-state index in [1.807, 2.05) is 0 Å². The van der Waals surface area contributed by atoms with Gasteiger partial charge in [0, 0.05) is 0 Å². The predicted octanol–water partition coefficient (Wildman–Crippen LogP) is -0.242. The van der Waals surface area contributed by atoms with E-state index >= 15 is 0 Å². The molecule has 0 radical (unpaired) electrons. The fraction of sp³-hybridized carbons (Fsp3) is 0. The summed E-state index contributed by atoms with van der Waals surface area (Å²) >= 11 is 0. The molecule has 0 unspecified atom stereocenters. The smallest absolute Gasteiger partial charge is 0.204 e. The van der Waals surface area contributed by atoms with Crippen LogP contribution in [0.3, 0.4) is 0 Å². The monoisotopic (exact) mass is 185 g/mol. The molecule has 3 rings (SSSR count). The van der Waals surface area contributed by atoms with E-state index < -0.39 is 0 Å². The molecule has 0 N–H and O–H groups in total. The average Bonchev–Trinajstić information content (AvgIpc) is 2.26. The van der Waals surface area contributed by atoms with Crippen LogP contribution in [0.5, 0.6) is 0 Å². The second-order valence-corrected chi connectivity index (χ2v) is 2.60. The molecule has 0 saturated heterocycles. The zero-order chi connectivity index (χ0) is 9.38. The third-order valence-electron chi connectivity index (χ3n) is 1.73. The zero-order valence-corrected chi connectivity index (χ0v) is 6.86. The summed E-state index contributed by atoms with van der Waals surface area (Å²) in [7, 11) is 0. The van der Waals surface area contributed by atoms with Crippen LogP contribution in [0.2, 0.25) is 0 Å². The van der Waals surface area contributed by atoms with E-state index in [9.17, 15) is 0 Å².